The fraction of sp³-hybridized carbons (Fsp3) is 0.650. The van der Waals surface area contributed by atoms with Crippen LogP contribution in [0.15, 0.2) is 29.3 Å². The van der Waals surface area contributed by atoms with E-state index in [1.165, 1.54) is 6.26 Å². The highest BCUT2D eigenvalue weighted by atomic mass is 32.2. The Morgan fingerprint density at radius 2 is 2.00 bits per heavy atom. The Morgan fingerprint density at radius 3 is 2.59 bits per heavy atom. The van der Waals surface area contributed by atoms with Gasteiger partial charge in [-0.2, -0.15) is 4.31 Å². The molecule has 1 aliphatic heterocycles. The molecule has 0 spiro atoms. The zero-order chi connectivity index (χ0) is 21.4. The summed E-state index contributed by atoms with van der Waals surface area (Å²) in [5, 5.41) is 16.8. The molecule has 1 aliphatic rings. The summed E-state index contributed by atoms with van der Waals surface area (Å²) in [6.07, 6.45) is 2.30. The second kappa shape index (κ2) is 10.8. The fourth-order valence-electron chi connectivity index (χ4n) is 3.33. The van der Waals surface area contributed by atoms with E-state index >= 15 is 0 Å². The molecule has 0 aromatic heterocycles. The average molecular weight is 427 g/mol. The van der Waals surface area contributed by atoms with Gasteiger partial charge in [-0.1, -0.05) is 12.1 Å². The van der Waals surface area contributed by atoms with E-state index in [9.17, 15) is 13.5 Å². The number of aliphatic hydroxyl groups is 1. The van der Waals surface area contributed by atoms with Gasteiger partial charge in [0.2, 0.25) is 10.0 Å². The first-order chi connectivity index (χ1) is 13.7. The van der Waals surface area contributed by atoms with Gasteiger partial charge in [-0.15, -0.1) is 0 Å². The van der Waals surface area contributed by atoms with Crippen LogP contribution in [0.3, 0.4) is 0 Å². The molecule has 29 heavy (non-hydrogen) atoms. The fourth-order valence-corrected chi connectivity index (χ4v) is 4.51. The molecule has 1 unspecified atom stereocenters. The number of aliphatic imine (C=N–C) groups is 1. The Kier molecular flexibility index (Phi) is 8.73. The number of nitrogens with one attached hydrogen (secondary N) is 2. The lowest BCUT2D eigenvalue weighted by atomic mass is 10.1. The monoisotopic (exact) mass is 426 g/mol. The molecule has 1 saturated heterocycles. The van der Waals surface area contributed by atoms with E-state index in [0.717, 1.165) is 24.2 Å². The minimum Gasteiger partial charge on any atom is -0.491 e. The molecular weight excluding hydrogens is 392 g/mol. The summed E-state index contributed by atoms with van der Waals surface area (Å²) in [4.78, 5) is 4.45. The Balaban J connectivity index is 1.94. The molecule has 0 amide bonds. The minimum absolute atomic E-state index is 0.0766. The Hall–Kier alpha value is -1.84. The molecule has 9 heteroatoms. The van der Waals surface area contributed by atoms with Crippen molar-refractivity contribution in [2.75, 3.05) is 32.4 Å². The van der Waals surface area contributed by atoms with Gasteiger partial charge in [-0.25, -0.2) is 8.42 Å². The number of hydrogen-bond donors (Lipinski definition) is 3. The van der Waals surface area contributed by atoms with Crippen LogP contribution in [0.4, 0.5) is 0 Å². The van der Waals surface area contributed by atoms with Gasteiger partial charge in [-0.3, -0.25) is 4.99 Å². The maximum Gasteiger partial charge on any atom is 0.211 e. The van der Waals surface area contributed by atoms with Crippen molar-refractivity contribution in [3.05, 3.63) is 29.8 Å². The van der Waals surface area contributed by atoms with Crippen LogP contribution in [0.1, 0.15) is 45.3 Å². The number of benzene rings is 1. The van der Waals surface area contributed by atoms with Crippen molar-refractivity contribution in [1.82, 2.24) is 14.9 Å². The van der Waals surface area contributed by atoms with Gasteiger partial charge in [0.25, 0.3) is 0 Å². The largest absolute Gasteiger partial charge is 0.491 e. The van der Waals surface area contributed by atoms with Gasteiger partial charge in [0.05, 0.1) is 25.0 Å². The quantitative estimate of drug-likeness (QED) is 0.408. The SMILES string of the molecule is CCNC(=NCC(O)c1ccc(OC(C)C)cc1)NC[C@H]1CCCN1S(C)(=O)=O. The maximum atomic E-state index is 11.9. The van der Waals surface area contributed by atoms with Crippen LogP contribution in [0.5, 0.6) is 5.75 Å². The number of hydrogen-bond acceptors (Lipinski definition) is 5. The predicted molar refractivity (Wildman–Crippen MR) is 116 cm³/mol. The van der Waals surface area contributed by atoms with Crippen LogP contribution in [0.25, 0.3) is 0 Å². The predicted octanol–water partition coefficient (Wildman–Crippen LogP) is 1.49. The molecule has 0 saturated carbocycles. The summed E-state index contributed by atoms with van der Waals surface area (Å²) in [6.45, 7) is 7.80. The topological polar surface area (TPSA) is 103 Å². The van der Waals surface area contributed by atoms with Gasteiger partial charge < -0.3 is 20.5 Å². The smallest absolute Gasteiger partial charge is 0.211 e. The average Bonchev–Trinajstić information content (AvgIpc) is 3.13. The standard InChI is InChI=1S/C20H34N4O4S/c1-5-21-20(22-13-17-7-6-12-24(17)29(4,26)27)23-14-19(25)16-8-10-18(11-9-16)28-15(2)3/h8-11,15,17,19,25H,5-7,12-14H2,1-4H3,(H2,21,22,23)/t17-,19?/m1/s1. The minimum atomic E-state index is -3.20. The van der Waals surface area contributed by atoms with Crippen molar-refractivity contribution >= 4 is 16.0 Å². The van der Waals surface area contributed by atoms with E-state index in [1.54, 1.807) is 4.31 Å². The molecule has 8 nitrogen and oxygen atoms in total. The third kappa shape index (κ3) is 7.49. The highest BCUT2D eigenvalue weighted by molar-refractivity contribution is 7.88. The summed E-state index contributed by atoms with van der Waals surface area (Å²) in [6, 6.07) is 7.27. The highest BCUT2D eigenvalue weighted by Gasteiger charge is 2.31. The van der Waals surface area contributed by atoms with Crippen LogP contribution >= 0.6 is 0 Å². The number of aliphatic hydroxyl groups excluding tert-OH is 1. The second-order valence-electron chi connectivity index (χ2n) is 7.52. The first kappa shape index (κ1) is 23.4. The van der Waals surface area contributed by atoms with E-state index in [1.807, 2.05) is 45.0 Å². The van der Waals surface area contributed by atoms with Crippen molar-refractivity contribution in [3.8, 4) is 5.75 Å². The van der Waals surface area contributed by atoms with Crippen LogP contribution < -0.4 is 15.4 Å². The summed E-state index contributed by atoms with van der Waals surface area (Å²) in [5.74, 6) is 1.33. The lowest BCUT2D eigenvalue weighted by Crippen LogP contribution is -2.46. The van der Waals surface area contributed by atoms with Gasteiger partial charge in [0.15, 0.2) is 5.96 Å². The normalized spacial score (nSPS) is 19.4. The van der Waals surface area contributed by atoms with Crippen molar-refractivity contribution in [1.29, 1.82) is 0 Å². The lowest BCUT2D eigenvalue weighted by molar-refractivity contribution is 0.186. The molecule has 1 fully saturated rings. The lowest BCUT2D eigenvalue weighted by Gasteiger charge is -2.23. The van der Waals surface area contributed by atoms with Crippen LogP contribution in [0, 0.1) is 0 Å². The van der Waals surface area contributed by atoms with Gasteiger partial charge in [0.1, 0.15) is 5.75 Å². The zero-order valence-corrected chi connectivity index (χ0v) is 18.6. The van der Waals surface area contributed by atoms with E-state index in [4.69, 9.17) is 4.74 Å². The van der Waals surface area contributed by atoms with Crippen molar-refractivity contribution in [2.45, 2.75) is 51.9 Å². The van der Waals surface area contributed by atoms with Crippen LogP contribution in [-0.2, 0) is 10.0 Å². The highest BCUT2D eigenvalue weighted by Crippen LogP contribution is 2.20. The maximum absolute atomic E-state index is 11.9. The number of nitrogens with zero attached hydrogens (tertiary/aromatic N) is 2. The summed E-state index contributed by atoms with van der Waals surface area (Å²) >= 11 is 0. The van der Waals surface area contributed by atoms with E-state index in [2.05, 4.69) is 15.6 Å². The molecule has 1 aromatic rings. The van der Waals surface area contributed by atoms with Gasteiger partial charge in [-0.05, 0) is 51.3 Å². The number of ether oxygens (including phenoxy) is 1. The number of guanidine groups is 1. The molecule has 0 aliphatic carbocycles. The van der Waals surface area contributed by atoms with Crippen molar-refractivity contribution < 1.29 is 18.3 Å². The Bertz CT molecular complexity index is 765. The van der Waals surface area contributed by atoms with Crippen molar-refractivity contribution in [2.24, 2.45) is 4.99 Å². The molecule has 0 radical (unpaired) electrons. The van der Waals surface area contributed by atoms with Gasteiger partial charge in [0, 0.05) is 25.7 Å². The number of rotatable bonds is 9. The molecule has 1 aromatic carbocycles. The molecular formula is C20H34N4O4S. The molecule has 3 N–H and O–H groups in total. The zero-order valence-electron chi connectivity index (χ0n) is 17.8. The molecule has 0 bridgehead atoms. The molecule has 2 atom stereocenters. The summed E-state index contributed by atoms with van der Waals surface area (Å²) < 4.78 is 30.9. The Labute approximate surface area is 174 Å². The van der Waals surface area contributed by atoms with Gasteiger partial charge >= 0.3 is 0 Å². The summed E-state index contributed by atoms with van der Waals surface area (Å²) in [7, 11) is -3.20. The molecule has 164 valence electrons. The second-order valence-corrected chi connectivity index (χ2v) is 9.46. The molecule has 1 heterocycles. The Morgan fingerprint density at radius 1 is 1.31 bits per heavy atom. The van der Waals surface area contributed by atoms with E-state index < -0.39 is 16.1 Å². The van der Waals surface area contributed by atoms with Crippen LogP contribution in [-0.4, -0.2) is 68.4 Å². The third-order valence-corrected chi connectivity index (χ3v) is 5.99. The molecule has 2 rings (SSSR count). The van der Waals surface area contributed by atoms with Crippen LogP contribution in [0.2, 0.25) is 0 Å². The summed E-state index contributed by atoms with van der Waals surface area (Å²) in [5.41, 5.74) is 0.764. The first-order valence-electron chi connectivity index (χ1n) is 10.1. The van der Waals surface area contributed by atoms with E-state index in [-0.39, 0.29) is 18.7 Å². The van der Waals surface area contributed by atoms with E-state index in [0.29, 0.717) is 25.6 Å². The first-order valence-corrected chi connectivity index (χ1v) is 12.0. The van der Waals surface area contributed by atoms with Crippen molar-refractivity contribution in [3.63, 3.8) is 0 Å². The third-order valence-electron chi connectivity index (χ3n) is 4.66. The number of sulfonamides is 1.